The average molecular weight is 235 g/mol. The van der Waals surface area contributed by atoms with Gasteiger partial charge in [-0.15, -0.1) is 0 Å². The van der Waals surface area contributed by atoms with Crippen LogP contribution >= 0.6 is 15.9 Å². The molecular formula is C12H11Br. The van der Waals surface area contributed by atoms with Gasteiger partial charge in [0.1, 0.15) is 0 Å². The van der Waals surface area contributed by atoms with Gasteiger partial charge in [-0.05, 0) is 34.9 Å². The van der Waals surface area contributed by atoms with E-state index in [1.165, 1.54) is 16.3 Å². The van der Waals surface area contributed by atoms with E-state index in [0.29, 0.717) is 0 Å². The number of halogens is 1. The fourth-order valence-corrected chi connectivity index (χ4v) is 1.87. The first-order valence-corrected chi connectivity index (χ1v) is 5.27. The summed E-state index contributed by atoms with van der Waals surface area (Å²) in [7, 11) is 0. The van der Waals surface area contributed by atoms with Gasteiger partial charge in [-0.1, -0.05) is 47.1 Å². The van der Waals surface area contributed by atoms with Gasteiger partial charge in [0.15, 0.2) is 0 Å². The van der Waals surface area contributed by atoms with Crippen LogP contribution in [0, 0.1) is 0 Å². The molecule has 0 nitrogen and oxygen atoms in total. The third-order valence-corrected chi connectivity index (χ3v) is 2.77. The maximum Gasteiger partial charge on any atom is 0.0181 e. The van der Waals surface area contributed by atoms with Crippen LogP contribution in [-0.2, 0) is 6.42 Å². The molecule has 0 N–H and O–H groups in total. The molecule has 0 heterocycles. The lowest BCUT2D eigenvalue weighted by Crippen LogP contribution is -1.79. The molecule has 13 heavy (non-hydrogen) atoms. The average Bonchev–Trinajstić information content (AvgIpc) is 2.16. The van der Waals surface area contributed by atoms with Gasteiger partial charge in [-0.2, -0.15) is 0 Å². The minimum atomic E-state index is 1.10. The van der Waals surface area contributed by atoms with Gasteiger partial charge in [0.2, 0.25) is 0 Å². The highest BCUT2D eigenvalue weighted by molar-refractivity contribution is 9.10. The molecule has 0 saturated heterocycles. The quantitative estimate of drug-likeness (QED) is 0.696. The largest absolute Gasteiger partial charge is 0.0613 e. The van der Waals surface area contributed by atoms with Crippen molar-refractivity contribution in [2.24, 2.45) is 0 Å². The lowest BCUT2D eigenvalue weighted by Gasteiger charge is -2.01. The third kappa shape index (κ3) is 1.75. The van der Waals surface area contributed by atoms with Crippen molar-refractivity contribution in [1.29, 1.82) is 0 Å². The first kappa shape index (κ1) is 8.76. The van der Waals surface area contributed by atoms with E-state index in [-0.39, 0.29) is 0 Å². The SMILES string of the molecule is CCc1ccc2ccc(Br)cc2c1. The van der Waals surface area contributed by atoms with Crippen LogP contribution in [0.15, 0.2) is 40.9 Å². The second-order valence-electron chi connectivity index (χ2n) is 3.18. The van der Waals surface area contributed by atoms with Crippen molar-refractivity contribution in [2.45, 2.75) is 13.3 Å². The van der Waals surface area contributed by atoms with Crippen molar-refractivity contribution in [3.63, 3.8) is 0 Å². The summed E-state index contributed by atoms with van der Waals surface area (Å²) in [6.45, 7) is 2.18. The zero-order chi connectivity index (χ0) is 9.26. The number of fused-ring (bicyclic) bond motifs is 1. The highest BCUT2D eigenvalue weighted by atomic mass is 79.9. The number of hydrogen-bond acceptors (Lipinski definition) is 0. The van der Waals surface area contributed by atoms with E-state index in [1.807, 2.05) is 0 Å². The molecule has 0 amide bonds. The topological polar surface area (TPSA) is 0 Å². The van der Waals surface area contributed by atoms with Crippen LogP contribution in [0.25, 0.3) is 10.8 Å². The molecular weight excluding hydrogens is 224 g/mol. The summed E-state index contributed by atoms with van der Waals surface area (Å²) in [5.41, 5.74) is 1.39. The monoisotopic (exact) mass is 234 g/mol. The predicted octanol–water partition coefficient (Wildman–Crippen LogP) is 4.16. The number of rotatable bonds is 1. The minimum absolute atomic E-state index is 1.10. The van der Waals surface area contributed by atoms with Crippen molar-refractivity contribution in [1.82, 2.24) is 0 Å². The van der Waals surface area contributed by atoms with Gasteiger partial charge in [0, 0.05) is 4.47 Å². The molecule has 0 atom stereocenters. The first-order chi connectivity index (χ1) is 6.29. The van der Waals surface area contributed by atoms with Crippen LogP contribution in [0.5, 0.6) is 0 Å². The molecule has 0 aliphatic carbocycles. The van der Waals surface area contributed by atoms with E-state index in [9.17, 15) is 0 Å². The van der Waals surface area contributed by atoms with Gasteiger partial charge in [0.05, 0.1) is 0 Å². The lowest BCUT2D eigenvalue weighted by atomic mass is 10.1. The molecule has 0 aliphatic heterocycles. The fourth-order valence-electron chi connectivity index (χ4n) is 1.49. The second-order valence-corrected chi connectivity index (χ2v) is 4.10. The number of benzene rings is 2. The van der Waals surface area contributed by atoms with Crippen molar-refractivity contribution in [3.8, 4) is 0 Å². The molecule has 2 rings (SSSR count). The zero-order valence-corrected chi connectivity index (χ0v) is 9.14. The predicted molar refractivity (Wildman–Crippen MR) is 61.0 cm³/mol. The van der Waals surface area contributed by atoms with Crippen LogP contribution in [0.4, 0.5) is 0 Å². The number of hydrogen-bond donors (Lipinski definition) is 0. The fraction of sp³-hybridized carbons (Fsp3) is 0.167. The van der Waals surface area contributed by atoms with Crippen LogP contribution in [0.2, 0.25) is 0 Å². The molecule has 2 aromatic carbocycles. The summed E-state index contributed by atoms with van der Waals surface area (Å²) in [5.74, 6) is 0. The van der Waals surface area contributed by atoms with Crippen molar-refractivity contribution in [3.05, 3.63) is 46.4 Å². The molecule has 0 fully saturated rings. The molecule has 0 radical (unpaired) electrons. The zero-order valence-electron chi connectivity index (χ0n) is 7.55. The van der Waals surface area contributed by atoms with Crippen LogP contribution in [0.1, 0.15) is 12.5 Å². The molecule has 0 saturated carbocycles. The molecule has 0 aromatic heterocycles. The molecule has 1 heteroatoms. The van der Waals surface area contributed by atoms with Crippen LogP contribution in [0.3, 0.4) is 0 Å². The highest BCUT2D eigenvalue weighted by Crippen LogP contribution is 2.20. The summed E-state index contributed by atoms with van der Waals surface area (Å²) in [5, 5.41) is 2.62. The lowest BCUT2D eigenvalue weighted by molar-refractivity contribution is 1.15. The summed E-state index contributed by atoms with van der Waals surface area (Å²) in [6, 6.07) is 13.0. The van der Waals surface area contributed by atoms with E-state index >= 15 is 0 Å². The van der Waals surface area contributed by atoms with Crippen molar-refractivity contribution in [2.75, 3.05) is 0 Å². The Hall–Kier alpha value is -0.820. The smallest absolute Gasteiger partial charge is 0.0181 e. The highest BCUT2D eigenvalue weighted by Gasteiger charge is 1.95. The van der Waals surface area contributed by atoms with Crippen molar-refractivity contribution < 1.29 is 0 Å². The van der Waals surface area contributed by atoms with E-state index in [1.54, 1.807) is 0 Å². The molecule has 0 spiro atoms. The second kappa shape index (κ2) is 3.51. The Bertz CT molecular complexity index is 432. The Labute approximate surface area is 86.7 Å². The Morgan fingerprint density at radius 1 is 1.00 bits per heavy atom. The van der Waals surface area contributed by atoms with E-state index < -0.39 is 0 Å². The maximum absolute atomic E-state index is 3.48. The van der Waals surface area contributed by atoms with Gasteiger partial charge in [-0.3, -0.25) is 0 Å². The summed E-state index contributed by atoms with van der Waals surface area (Å²) in [6.07, 6.45) is 1.10. The molecule has 0 aliphatic rings. The van der Waals surface area contributed by atoms with Crippen molar-refractivity contribution >= 4 is 26.7 Å². The molecule has 0 unspecified atom stereocenters. The third-order valence-electron chi connectivity index (χ3n) is 2.27. The van der Waals surface area contributed by atoms with E-state index in [2.05, 4.69) is 59.3 Å². The normalized spacial score (nSPS) is 10.6. The van der Waals surface area contributed by atoms with Gasteiger partial charge < -0.3 is 0 Å². The van der Waals surface area contributed by atoms with Gasteiger partial charge in [0.25, 0.3) is 0 Å². The Morgan fingerprint density at radius 2 is 1.77 bits per heavy atom. The van der Waals surface area contributed by atoms with Gasteiger partial charge >= 0.3 is 0 Å². The first-order valence-electron chi connectivity index (χ1n) is 4.48. The summed E-state index contributed by atoms with van der Waals surface area (Å²) < 4.78 is 1.15. The van der Waals surface area contributed by atoms with Gasteiger partial charge in [-0.25, -0.2) is 0 Å². The minimum Gasteiger partial charge on any atom is -0.0613 e. The summed E-state index contributed by atoms with van der Waals surface area (Å²) >= 11 is 3.48. The Kier molecular flexibility index (Phi) is 2.36. The Balaban J connectivity index is 2.68. The van der Waals surface area contributed by atoms with Crippen LogP contribution < -0.4 is 0 Å². The molecule has 66 valence electrons. The maximum atomic E-state index is 3.48. The number of aryl methyl sites for hydroxylation is 1. The van der Waals surface area contributed by atoms with E-state index in [4.69, 9.17) is 0 Å². The standard InChI is InChI=1S/C12H11Br/c1-2-9-3-4-10-5-6-12(13)8-11(10)7-9/h3-8H,2H2,1H3. The van der Waals surface area contributed by atoms with Crippen LogP contribution in [-0.4, -0.2) is 0 Å². The molecule has 0 bridgehead atoms. The van der Waals surface area contributed by atoms with E-state index in [0.717, 1.165) is 10.9 Å². The summed E-state index contributed by atoms with van der Waals surface area (Å²) in [4.78, 5) is 0. The Morgan fingerprint density at radius 3 is 2.54 bits per heavy atom. The molecule has 2 aromatic rings.